The molecule has 1 aromatic carbocycles. The summed E-state index contributed by atoms with van der Waals surface area (Å²) < 4.78 is 5.89. The number of hydrogen-bond acceptors (Lipinski definition) is 2. The van der Waals surface area contributed by atoms with Gasteiger partial charge in [-0.1, -0.05) is 29.3 Å². The highest BCUT2D eigenvalue weighted by molar-refractivity contribution is 5.28. The molecule has 2 nitrogen and oxygen atoms in total. The zero-order chi connectivity index (χ0) is 11.5. The lowest BCUT2D eigenvalue weighted by Crippen LogP contribution is -2.31. The van der Waals surface area contributed by atoms with Gasteiger partial charge in [-0.2, -0.15) is 0 Å². The van der Waals surface area contributed by atoms with Crippen LogP contribution in [0, 0.1) is 13.8 Å². The van der Waals surface area contributed by atoms with Gasteiger partial charge in [0.1, 0.15) is 0 Å². The van der Waals surface area contributed by atoms with Crippen LogP contribution in [0.3, 0.4) is 0 Å². The van der Waals surface area contributed by atoms with Gasteiger partial charge in [-0.3, -0.25) is 0 Å². The zero-order valence-corrected chi connectivity index (χ0v) is 10.2. The molecule has 88 valence electrons. The van der Waals surface area contributed by atoms with Crippen molar-refractivity contribution in [2.45, 2.75) is 51.9 Å². The van der Waals surface area contributed by atoms with Crippen LogP contribution >= 0.6 is 0 Å². The fourth-order valence-corrected chi connectivity index (χ4v) is 2.52. The minimum absolute atomic E-state index is 0.242. The monoisotopic (exact) mass is 219 g/mol. The Balaban J connectivity index is 1.94. The Labute approximate surface area is 97.8 Å². The average molecular weight is 219 g/mol. The first-order valence-electron chi connectivity index (χ1n) is 6.09. The molecule has 2 unspecified atom stereocenters. The molecule has 0 aliphatic heterocycles. The first-order valence-corrected chi connectivity index (χ1v) is 6.09. The largest absolute Gasteiger partial charge is 0.372 e. The summed E-state index contributed by atoms with van der Waals surface area (Å²) in [4.78, 5) is 0. The van der Waals surface area contributed by atoms with Crippen molar-refractivity contribution in [2.75, 3.05) is 0 Å². The average Bonchev–Trinajstić information content (AvgIpc) is 2.59. The van der Waals surface area contributed by atoms with E-state index in [1.165, 1.54) is 23.1 Å². The van der Waals surface area contributed by atoms with Crippen molar-refractivity contribution in [1.82, 2.24) is 0 Å². The molecule has 0 amide bonds. The van der Waals surface area contributed by atoms with E-state index in [1.54, 1.807) is 0 Å². The van der Waals surface area contributed by atoms with Gasteiger partial charge in [0.2, 0.25) is 0 Å². The smallest absolute Gasteiger partial charge is 0.0730 e. The second kappa shape index (κ2) is 4.98. The highest BCUT2D eigenvalue weighted by Crippen LogP contribution is 2.21. The quantitative estimate of drug-likeness (QED) is 0.848. The van der Waals surface area contributed by atoms with E-state index in [0.717, 1.165) is 12.8 Å². The molecule has 2 heteroatoms. The van der Waals surface area contributed by atoms with Crippen LogP contribution in [0.5, 0.6) is 0 Å². The molecule has 1 aliphatic carbocycles. The molecule has 16 heavy (non-hydrogen) atoms. The first-order chi connectivity index (χ1) is 7.65. The first kappa shape index (κ1) is 11.6. The Hall–Kier alpha value is -0.860. The molecule has 0 spiro atoms. The second-order valence-electron chi connectivity index (χ2n) is 4.94. The molecule has 1 aliphatic rings. The molecule has 0 radical (unpaired) electrons. The van der Waals surface area contributed by atoms with E-state index >= 15 is 0 Å². The van der Waals surface area contributed by atoms with Crippen LogP contribution in [0.25, 0.3) is 0 Å². The summed E-state index contributed by atoms with van der Waals surface area (Å²) in [6.07, 6.45) is 3.70. The Kier molecular flexibility index (Phi) is 3.62. The van der Waals surface area contributed by atoms with Gasteiger partial charge in [-0.25, -0.2) is 0 Å². The van der Waals surface area contributed by atoms with Crippen molar-refractivity contribution >= 4 is 0 Å². The lowest BCUT2D eigenvalue weighted by Gasteiger charge is -2.16. The minimum Gasteiger partial charge on any atom is -0.372 e. The van der Waals surface area contributed by atoms with Crippen LogP contribution in [0.15, 0.2) is 18.2 Å². The number of ether oxygens (including phenoxy) is 1. The Bertz CT molecular complexity index is 342. The number of hydrogen-bond donors (Lipinski definition) is 1. The van der Waals surface area contributed by atoms with Gasteiger partial charge in [0.25, 0.3) is 0 Å². The molecule has 1 aromatic rings. The fourth-order valence-electron chi connectivity index (χ4n) is 2.52. The maximum Gasteiger partial charge on any atom is 0.0730 e. The van der Waals surface area contributed by atoms with Crippen LogP contribution in [0.4, 0.5) is 0 Å². The Morgan fingerprint density at radius 1 is 1.19 bits per heavy atom. The molecule has 1 fully saturated rings. The standard InChI is InChI=1S/C14H21NO/c1-10-6-11(2)8-12(7-10)9-16-14-5-3-4-13(14)15/h6-8,13-14H,3-5,9,15H2,1-2H3. The van der Waals surface area contributed by atoms with Gasteiger partial charge >= 0.3 is 0 Å². The molecule has 1 saturated carbocycles. The van der Waals surface area contributed by atoms with Crippen molar-refractivity contribution in [3.63, 3.8) is 0 Å². The zero-order valence-electron chi connectivity index (χ0n) is 10.2. The van der Waals surface area contributed by atoms with E-state index in [0.29, 0.717) is 6.61 Å². The summed E-state index contributed by atoms with van der Waals surface area (Å²) in [6.45, 7) is 4.94. The molecule has 2 atom stereocenters. The number of aryl methyl sites for hydroxylation is 2. The van der Waals surface area contributed by atoms with Crippen molar-refractivity contribution < 1.29 is 4.74 Å². The van der Waals surface area contributed by atoms with E-state index in [9.17, 15) is 0 Å². The fraction of sp³-hybridized carbons (Fsp3) is 0.571. The third-order valence-electron chi connectivity index (χ3n) is 3.25. The maximum absolute atomic E-state index is 5.98. The van der Waals surface area contributed by atoms with Crippen LogP contribution in [0.1, 0.15) is 36.0 Å². The summed E-state index contributed by atoms with van der Waals surface area (Å²) in [5, 5.41) is 0. The van der Waals surface area contributed by atoms with Crippen LogP contribution in [0.2, 0.25) is 0 Å². The van der Waals surface area contributed by atoms with E-state index < -0.39 is 0 Å². The predicted octanol–water partition coefficient (Wildman–Crippen LogP) is 2.70. The number of benzene rings is 1. The lowest BCUT2D eigenvalue weighted by atomic mass is 10.1. The van der Waals surface area contributed by atoms with Gasteiger partial charge in [0, 0.05) is 6.04 Å². The van der Waals surface area contributed by atoms with E-state index in [1.807, 2.05) is 0 Å². The molecule has 2 N–H and O–H groups in total. The Morgan fingerprint density at radius 3 is 2.44 bits per heavy atom. The SMILES string of the molecule is Cc1cc(C)cc(COC2CCCC2N)c1. The summed E-state index contributed by atoms with van der Waals surface area (Å²) in [5.41, 5.74) is 9.84. The second-order valence-corrected chi connectivity index (χ2v) is 4.94. The molecule has 0 aromatic heterocycles. The maximum atomic E-state index is 5.98. The molecule has 0 heterocycles. The van der Waals surface area contributed by atoms with E-state index in [4.69, 9.17) is 10.5 Å². The molecular formula is C14H21NO. The number of nitrogens with two attached hydrogens (primary N) is 1. The van der Waals surface area contributed by atoms with Crippen molar-refractivity contribution in [1.29, 1.82) is 0 Å². The third kappa shape index (κ3) is 2.83. The highest BCUT2D eigenvalue weighted by atomic mass is 16.5. The molecule has 2 rings (SSSR count). The van der Waals surface area contributed by atoms with Crippen molar-refractivity contribution in [3.8, 4) is 0 Å². The predicted molar refractivity (Wildman–Crippen MR) is 66.3 cm³/mol. The summed E-state index contributed by atoms with van der Waals surface area (Å²) in [6, 6.07) is 6.80. The van der Waals surface area contributed by atoms with Gasteiger partial charge < -0.3 is 10.5 Å². The topological polar surface area (TPSA) is 35.2 Å². The van der Waals surface area contributed by atoms with Gasteiger partial charge in [-0.05, 0) is 38.7 Å². The van der Waals surface area contributed by atoms with Gasteiger partial charge in [0.05, 0.1) is 12.7 Å². The van der Waals surface area contributed by atoms with Crippen LogP contribution < -0.4 is 5.73 Å². The molecule has 0 bridgehead atoms. The van der Waals surface area contributed by atoms with Crippen molar-refractivity contribution in [3.05, 3.63) is 34.9 Å². The molecule has 0 saturated heterocycles. The van der Waals surface area contributed by atoms with Gasteiger partial charge in [0.15, 0.2) is 0 Å². The normalized spacial score (nSPS) is 24.9. The van der Waals surface area contributed by atoms with Crippen LogP contribution in [-0.2, 0) is 11.3 Å². The van der Waals surface area contributed by atoms with Crippen LogP contribution in [-0.4, -0.2) is 12.1 Å². The Morgan fingerprint density at radius 2 is 1.88 bits per heavy atom. The summed E-state index contributed by atoms with van der Waals surface area (Å²) >= 11 is 0. The molecular weight excluding hydrogens is 198 g/mol. The van der Waals surface area contributed by atoms with Crippen molar-refractivity contribution in [2.24, 2.45) is 5.73 Å². The summed E-state index contributed by atoms with van der Waals surface area (Å²) in [5.74, 6) is 0. The van der Waals surface area contributed by atoms with Gasteiger partial charge in [-0.15, -0.1) is 0 Å². The lowest BCUT2D eigenvalue weighted by molar-refractivity contribution is 0.0357. The number of rotatable bonds is 3. The van der Waals surface area contributed by atoms with E-state index in [2.05, 4.69) is 32.0 Å². The third-order valence-corrected chi connectivity index (χ3v) is 3.25. The highest BCUT2D eigenvalue weighted by Gasteiger charge is 2.24. The summed E-state index contributed by atoms with van der Waals surface area (Å²) in [7, 11) is 0. The van der Waals surface area contributed by atoms with E-state index in [-0.39, 0.29) is 12.1 Å². The minimum atomic E-state index is 0.242.